The van der Waals surface area contributed by atoms with Gasteiger partial charge in [-0.3, -0.25) is 23.9 Å². The van der Waals surface area contributed by atoms with Gasteiger partial charge in [-0.05, 0) is 69.9 Å². The minimum absolute atomic E-state index is 0.00178. The summed E-state index contributed by atoms with van der Waals surface area (Å²) in [5.41, 5.74) is 1.31. The highest BCUT2D eigenvalue weighted by Gasteiger charge is 2.62. The highest BCUT2D eigenvalue weighted by Crippen LogP contribution is 2.46. The van der Waals surface area contributed by atoms with Gasteiger partial charge in [-0.1, -0.05) is 38.8 Å². The first-order chi connectivity index (χ1) is 30.0. The molecule has 340 valence electrons. The lowest BCUT2D eigenvalue weighted by molar-refractivity contribution is -0.148. The number of benzene rings is 1. The van der Waals surface area contributed by atoms with Crippen molar-refractivity contribution in [1.29, 1.82) is 0 Å². The average Bonchev–Trinajstić information content (AvgIpc) is 4.11. The number of nitrogens with one attached hydrogen (secondary N) is 2. The predicted molar refractivity (Wildman–Crippen MR) is 233 cm³/mol. The third-order valence-electron chi connectivity index (χ3n) is 13.1. The number of halogens is 2. The number of likely N-dealkylation sites (tertiary alicyclic amines) is 1. The van der Waals surface area contributed by atoms with Crippen molar-refractivity contribution in [2.24, 2.45) is 11.8 Å². The van der Waals surface area contributed by atoms with Gasteiger partial charge in [-0.15, -0.1) is 11.3 Å². The third-order valence-corrected chi connectivity index (χ3v) is 15.8. The molecule has 4 amide bonds. The van der Waals surface area contributed by atoms with Gasteiger partial charge < -0.3 is 24.6 Å². The number of sulfonamides is 1. The molecule has 2 aliphatic carbocycles. The van der Waals surface area contributed by atoms with Crippen molar-refractivity contribution in [2.75, 3.05) is 26.7 Å². The van der Waals surface area contributed by atoms with Gasteiger partial charge >= 0.3 is 0 Å². The number of ether oxygens (including phenoxy) is 2. The van der Waals surface area contributed by atoms with Crippen LogP contribution in [-0.4, -0.2) is 107 Å². The Morgan fingerprint density at radius 1 is 1.08 bits per heavy atom. The molecule has 63 heavy (non-hydrogen) atoms. The van der Waals surface area contributed by atoms with E-state index in [4.69, 9.17) is 19.4 Å². The fourth-order valence-corrected chi connectivity index (χ4v) is 11.5. The zero-order chi connectivity index (χ0) is 44.8. The summed E-state index contributed by atoms with van der Waals surface area (Å²) in [6.07, 6.45) is 6.59. The van der Waals surface area contributed by atoms with Crippen molar-refractivity contribution in [3.05, 3.63) is 47.0 Å². The van der Waals surface area contributed by atoms with Gasteiger partial charge in [0.2, 0.25) is 27.7 Å². The molecule has 0 bridgehead atoms. The number of amides is 4. The Kier molecular flexibility index (Phi) is 12.6. The molecule has 1 aromatic carbocycles. The maximum atomic E-state index is 14.9. The molecular formula is C45H56F2N6O8S2. The van der Waals surface area contributed by atoms with Crippen LogP contribution in [-0.2, 0) is 29.2 Å². The largest absolute Gasteiger partial charge is 0.496 e. The van der Waals surface area contributed by atoms with E-state index in [1.165, 1.54) is 16.2 Å². The van der Waals surface area contributed by atoms with Crippen LogP contribution in [0.3, 0.4) is 0 Å². The number of aromatic nitrogens is 2. The molecule has 0 spiro atoms. The summed E-state index contributed by atoms with van der Waals surface area (Å²) < 4.78 is 69.6. The normalized spacial score (nSPS) is 27.2. The number of fused-ring (bicyclic) bond motifs is 3. The van der Waals surface area contributed by atoms with Crippen LogP contribution in [0, 0.1) is 18.8 Å². The third kappa shape index (κ3) is 9.57. The van der Waals surface area contributed by atoms with Crippen molar-refractivity contribution in [2.45, 2.75) is 133 Å². The summed E-state index contributed by atoms with van der Waals surface area (Å²) in [6.45, 7) is 5.40. The molecule has 2 N–H and O–H groups in total. The predicted octanol–water partition coefficient (Wildman–Crippen LogP) is 6.41. The standard InChI is InChI=1S/C45H56F2N6O8S2/c1-26(2)34-24-62-41(49-34)33-21-37(32-15-16-36(60-4)27(3)39(32)48-33)61-30-20-35-40(55)50-45(43(57)51-63(58,59)31-13-14-31)22-29(45)12-9-7-5-6-8-11-28(42(56)53(35)23-30)19-38(54)52-18-10-17-44(46,47)25-52/h9,12,15-16,21,24,26,28-31,35H,5-8,10-11,13-14,17-20,22-23,25H2,1-4H3,(H,50,55)(H,51,57)/b12-9-/t28-,29-,30-,35+,45-/m1/s1. The fraction of sp³-hybridized carbons (Fsp3) is 0.600. The maximum Gasteiger partial charge on any atom is 0.265 e. The van der Waals surface area contributed by atoms with Crippen LogP contribution in [0.4, 0.5) is 8.78 Å². The zero-order valence-corrected chi connectivity index (χ0v) is 37.8. The van der Waals surface area contributed by atoms with E-state index in [0.717, 1.165) is 22.6 Å². The summed E-state index contributed by atoms with van der Waals surface area (Å²) in [5.74, 6) is -5.67. The number of hydrogen-bond acceptors (Lipinski definition) is 11. The molecule has 5 aliphatic rings. The van der Waals surface area contributed by atoms with Crippen molar-refractivity contribution < 1.29 is 45.9 Å². The van der Waals surface area contributed by atoms with Crippen molar-refractivity contribution in [3.63, 3.8) is 0 Å². The first-order valence-corrected chi connectivity index (χ1v) is 24.5. The first kappa shape index (κ1) is 44.9. The number of rotatable bonds is 10. The Morgan fingerprint density at radius 2 is 1.87 bits per heavy atom. The Hall–Kier alpha value is -4.71. The zero-order valence-electron chi connectivity index (χ0n) is 36.2. The number of piperidine rings is 1. The maximum absolute atomic E-state index is 14.9. The molecule has 5 heterocycles. The molecular weight excluding hydrogens is 855 g/mol. The van der Waals surface area contributed by atoms with Crippen LogP contribution >= 0.6 is 11.3 Å². The molecule has 5 atom stereocenters. The summed E-state index contributed by atoms with van der Waals surface area (Å²) in [7, 11) is -2.37. The number of nitrogens with zero attached hydrogens (tertiary/aromatic N) is 4. The number of alkyl halides is 2. The van der Waals surface area contributed by atoms with Crippen LogP contribution in [0.2, 0.25) is 0 Å². The second kappa shape index (κ2) is 17.7. The average molecular weight is 911 g/mol. The highest BCUT2D eigenvalue weighted by molar-refractivity contribution is 7.91. The highest BCUT2D eigenvalue weighted by atomic mass is 32.2. The van der Waals surface area contributed by atoms with E-state index in [0.29, 0.717) is 71.6 Å². The van der Waals surface area contributed by atoms with Crippen molar-refractivity contribution in [1.82, 2.24) is 29.8 Å². The van der Waals surface area contributed by atoms with Gasteiger partial charge in [0.25, 0.3) is 11.8 Å². The number of aryl methyl sites for hydroxylation is 1. The van der Waals surface area contributed by atoms with E-state index in [1.807, 2.05) is 36.6 Å². The summed E-state index contributed by atoms with van der Waals surface area (Å²) >= 11 is 1.46. The number of carbonyl (C=O) groups excluding carboxylic acids is 4. The Bertz CT molecular complexity index is 2420. The van der Waals surface area contributed by atoms with Crippen LogP contribution in [0.15, 0.2) is 35.7 Å². The van der Waals surface area contributed by atoms with Gasteiger partial charge in [0.1, 0.15) is 39.9 Å². The summed E-state index contributed by atoms with van der Waals surface area (Å²) in [4.78, 5) is 69.6. The number of carbonyl (C=O) groups is 4. The lowest BCUT2D eigenvalue weighted by atomic mass is 9.94. The van der Waals surface area contributed by atoms with Gasteiger partial charge in [-0.2, -0.15) is 0 Å². The quantitative estimate of drug-likeness (QED) is 0.216. The molecule has 2 saturated carbocycles. The molecule has 14 nitrogen and oxygen atoms in total. The molecule has 4 fully saturated rings. The molecule has 18 heteroatoms. The van der Waals surface area contributed by atoms with E-state index in [9.17, 15) is 36.4 Å². The summed E-state index contributed by atoms with van der Waals surface area (Å²) in [6, 6.07) is 4.27. The van der Waals surface area contributed by atoms with E-state index < -0.39 is 80.9 Å². The van der Waals surface area contributed by atoms with Crippen LogP contribution < -0.4 is 19.5 Å². The Balaban J connectivity index is 1.14. The Labute approximate surface area is 370 Å². The molecule has 3 aliphatic heterocycles. The lowest BCUT2D eigenvalue weighted by Gasteiger charge is -2.34. The minimum Gasteiger partial charge on any atom is -0.496 e. The molecule has 2 saturated heterocycles. The molecule has 0 unspecified atom stereocenters. The van der Waals surface area contributed by atoms with Crippen LogP contribution in [0.25, 0.3) is 21.6 Å². The summed E-state index contributed by atoms with van der Waals surface area (Å²) in [5, 5.41) is 5.57. The van der Waals surface area contributed by atoms with E-state index >= 15 is 0 Å². The minimum atomic E-state index is -3.95. The van der Waals surface area contributed by atoms with Gasteiger partial charge in [-0.25, -0.2) is 27.2 Å². The second-order valence-electron chi connectivity index (χ2n) is 18.2. The second-order valence-corrected chi connectivity index (χ2v) is 21.0. The van der Waals surface area contributed by atoms with E-state index in [1.54, 1.807) is 13.2 Å². The molecule has 2 aromatic heterocycles. The number of allylic oxidation sites excluding steroid dienone is 1. The van der Waals surface area contributed by atoms with Crippen molar-refractivity contribution >= 4 is 55.9 Å². The van der Waals surface area contributed by atoms with Crippen LogP contribution in [0.5, 0.6) is 11.5 Å². The number of hydrogen-bond donors (Lipinski definition) is 2. The van der Waals surface area contributed by atoms with E-state index in [2.05, 4.69) is 23.9 Å². The van der Waals surface area contributed by atoms with Crippen molar-refractivity contribution in [3.8, 4) is 22.2 Å². The monoisotopic (exact) mass is 910 g/mol. The smallest absolute Gasteiger partial charge is 0.265 e. The Morgan fingerprint density at radius 3 is 2.59 bits per heavy atom. The van der Waals surface area contributed by atoms with Gasteiger partial charge in [0.15, 0.2) is 0 Å². The SMILES string of the molecule is COc1ccc2c(O[C@@H]3C[C@H]4C(=O)N[C@]5(C(=O)NS(=O)(=O)C6CC6)C[C@H]5/C=C\CCCCC[C@H](CC(=O)N5CCCC(F)(F)C5)C(=O)N4C3)cc(-c3nc(C(C)C)cs3)nc2c1C. The fourth-order valence-electron chi connectivity index (χ4n) is 9.15. The van der Waals surface area contributed by atoms with Gasteiger partial charge in [0.05, 0.1) is 36.7 Å². The van der Waals surface area contributed by atoms with Gasteiger partial charge in [0, 0.05) is 60.0 Å². The lowest BCUT2D eigenvalue weighted by Crippen LogP contribution is -2.57. The van der Waals surface area contributed by atoms with Crippen LogP contribution in [0.1, 0.15) is 108 Å². The first-order valence-electron chi connectivity index (χ1n) is 22.1. The molecule has 0 radical (unpaired) electrons. The molecule has 3 aromatic rings. The van der Waals surface area contributed by atoms with E-state index in [-0.39, 0.29) is 51.1 Å². The number of thiazole rings is 1. The molecule has 8 rings (SSSR count). The number of methoxy groups -OCH3 is 1. The topological polar surface area (TPSA) is 177 Å². The number of pyridine rings is 1.